The molecular weight excluding hydrogens is 338 g/mol. The van der Waals surface area contributed by atoms with Crippen molar-refractivity contribution in [2.24, 2.45) is 11.7 Å². The Bertz CT molecular complexity index is 632. The molecular formula is C18H27N3O5. The molecule has 144 valence electrons. The summed E-state index contributed by atoms with van der Waals surface area (Å²) < 4.78 is 0. The molecule has 26 heavy (non-hydrogen) atoms. The fraction of sp³-hybridized carbons (Fsp3) is 0.500. The number of phenols is 1. The van der Waals surface area contributed by atoms with E-state index in [0.717, 1.165) is 5.56 Å². The lowest BCUT2D eigenvalue weighted by atomic mass is 9.97. The minimum Gasteiger partial charge on any atom is -0.508 e. The zero-order valence-corrected chi connectivity index (χ0v) is 15.2. The highest BCUT2D eigenvalue weighted by Crippen LogP contribution is 2.12. The fourth-order valence-corrected chi connectivity index (χ4v) is 2.31. The quantitative estimate of drug-likeness (QED) is 0.428. The van der Waals surface area contributed by atoms with Gasteiger partial charge in [0.15, 0.2) is 0 Å². The van der Waals surface area contributed by atoms with E-state index in [2.05, 4.69) is 10.6 Å². The lowest BCUT2D eigenvalue weighted by molar-refractivity contribution is -0.142. The van der Waals surface area contributed by atoms with E-state index in [0.29, 0.717) is 6.42 Å². The molecule has 6 N–H and O–H groups in total. The molecule has 1 rings (SSSR count). The van der Waals surface area contributed by atoms with Crippen LogP contribution in [0.5, 0.6) is 5.75 Å². The van der Waals surface area contributed by atoms with E-state index in [9.17, 15) is 19.5 Å². The Kier molecular flexibility index (Phi) is 8.05. The van der Waals surface area contributed by atoms with Crippen LogP contribution in [0, 0.1) is 5.92 Å². The molecule has 4 unspecified atom stereocenters. The molecule has 0 saturated carbocycles. The van der Waals surface area contributed by atoms with Gasteiger partial charge in [-0.1, -0.05) is 32.4 Å². The highest BCUT2D eigenvalue weighted by atomic mass is 16.4. The fourth-order valence-electron chi connectivity index (χ4n) is 2.31. The number of carboxylic acids is 1. The maximum absolute atomic E-state index is 12.4. The molecule has 8 heteroatoms. The van der Waals surface area contributed by atoms with Crippen LogP contribution in [0.3, 0.4) is 0 Å². The Hall–Kier alpha value is -2.61. The van der Waals surface area contributed by atoms with E-state index in [1.165, 1.54) is 19.1 Å². The van der Waals surface area contributed by atoms with Crippen molar-refractivity contribution in [1.82, 2.24) is 10.6 Å². The summed E-state index contributed by atoms with van der Waals surface area (Å²) in [6.07, 6.45) is 0.861. The second-order valence-electron chi connectivity index (χ2n) is 6.42. The first-order chi connectivity index (χ1) is 12.1. The van der Waals surface area contributed by atoms with Crippen molar-refractivity contribution in [2.75, 3.05) is 0 Å². The second kappa shape index (κ2) is 9.76. The van der Waals surface area contributed by atoms with Crippen LogP contribution in [0.4, 0.5) is 0 Å². The van der Waals surface area contributed by atoms with Crippen molar-refractivity contribution in [3.8, 4) is 5.75 Å². The van der Waals surface area contributed by atoms with Crippen LogP contribution in [0.15, 0.2) is 24.3 Å². The number of phenolic OH excluding ortho intramolecular Hbond substituents is 1. The summed E-state index contributed by atoms with van der Waals surface area (Å²) in [6, 6.07) is 3.52. The average molecular weight is 365 g/mol. The maximum atomic E-state index is 12.4. The van der Waals surface area contributed by atoms with Gasteiger partial charge in [-0.05, 0) is 37.0 Å². The topological polar surface area (TPSA) is 142 Å². The summed E-state index contributed by atoms with van der Waals surface area (Å²) in [6.45, 7) is 5.02. The van der Waals surface area contributed by atoms with Gasteiger partial charge in [-0.3, -0.25) is 14.4 Å². The van der Waals surface area contributed by atoms with Gasteiger partial charge in [-0.15, -0.1) is 0 Å². The lowest BCUT2D eigenvalue weighted by Crippen LogP contribution is -2.56. The summed E-state index contributed by atoms with van der Waals surface area (Å²) in [4.78, 5) is 35.7. The van der Waals surface area contributed by atoms with Crippen LogP contribution >= 0.6 is 0 Å². The number of aromatic hydroxyl groups is 1. The first-order valence-corrected chi connectivity index (χ1v) is 8.52. The highest BCUT2D eigenvalue weighted by molar-refractivity contribution is 5.91. The first-order valence-electron chi connectivity index (χ1n) is 8.52. The SMILES string of the molecule is CCC(C)C(NC(=O)C(N)Cc1ccc(O)cc1)C(=O)NC(C)C(=O)O. The summed E-state index contributed by atoms with van der Waals surface area (Å²) in [5.41, 5.74) is 6.70. The number of carbonyl (C=O) groups excluding carboxylic acids is 2. The number of hydrogen-bond acceptors (Lipinski definition) is 5. The molecule has 2 amide bonds. The molecule has 0 heterocycles. The third-order valence-corrected chi connectivity index (χ3v) is 4.25. The Balaban J connectivity index is 2.76. The van der Waals surface area contributed by atoms with Gasteiger partial charge in [0.25, 0.3) is 0 Å². The molecule has 8 nitrogen and oxygen atoms in total. The van der Waals surface area contributed by atoms with E-state index in [1.54, 1.807) is 19.1 Å². The molecule has 0 spiro atoms. The van der Waals surface area contributed by atoms with Crippen molar-refractivity contribution in [2.45, 2.75) is 51.7 Å². The van der Waals surface area contributed by atoms with Crippen molar-refractivity contribution in [3.05, 3.63) is 29.8 Å². The highest BCUT2D eigenvalue weighted by Gasteiger charge is 2.29. The molecule has 0 saturated heterocycles. The number of amides is 2. The van der Waals surface area contributed by atoms with Crippen LogP contribution < -0.4 is 16.4 Å². The van der Waals surface area contributed by atoms with E-state index in [1.807, 2.05) is 6.92 Å². The Morgan fingerprint density at radius 1 is 1.08 bits per heavy atom. The standard InChI is InChI=1S/C18H27N3O5/c1-4-10(2)15(17(24)20-11(3)18(25)26)21-16(23)14(19)9-12-5-7-13(22)8-6-12/h5-8,10-11,14-15,22H,4,9,19H2,1-3H3,(H,20,24)(H,21,23)(H,25,26). The van der Waals surface area contributed by atoms with Crippen LogP contribution in [0.1, 0.15) is 32.8 Å². The summed E-state index contributed by atoms with van der Waals surface area (Å²) in [5.74, 6) is -2.29. The van der Waals surface area contributed by atoms with Crippen molar-refractivity contribution in [1.29, 1.82) is 0 Å². The summed E-state index contributed by atoms with van der Waals surface area (Å²) >= 11 is 0. The molecule has 0 aliphatic carbocycles. The number of nitrogens with two attached hydrogens (primary N) is 1. The molecule has 1 aromatic carbocycles. The van der Waals surface area contributed by atoms with Crippen LogP contribution in [-0.2, 0) is 20.8 Å². The molecule has 0 bridgehead atoms. The molecule has 1 aromatic rings. The van der Waals surface area contributed by atoms with Gasteiger partial charge < -0.3 is 26.6 Å². The molecule has 0 aliphatic rings. The van der Waals surface area contributed by atoms with E-state index >= 15 is 0 Å². The maximum Gasteiger partial charge on any atom is 0.325 e. The smallest absolute Gasteiger partial charge is 0.325 e. The first kappa shape index (κ1) is 21.4. The van der Waals surface area contributed by atoms with E-state index in [4.69, 9.17) is 10.8 Å². The average Bonchev–Trinajstić information content (AvgIpc) is 2.60. The number of rotatable bonds is 9. The number of aliphatic carboxylic acids is 1. The van der Waals surface area contributed by atoms with Crippen LogP contribution in [0.2, 0.25) is 0 Å². The zero-order valence-electron chi connectivity index (χ0n) is 15.2. The lowest BCUT2D eigenvalue weighted by Gasteiger charge is -2.26. The van der Waals surface area contributed by atoms with Gasteiger partial charge >= 0.3 is 5.97 Å². The van der Waals surface area contributed by atoms with Gasteiger partial charge in [0.1, 0.15) is 17.8 Å². The van der Waals surface area contributed by atoms with Gasteiger partial charge in [0, 0.05) is 0 Å². The normalized spacial score (nSPS) is 15.4. The molecule has 0 radical (unpaired) electrons. The van der Waals surface area contributed by atoms with Crippen molar-refractivity contribution < 1.29 is 24.6 Å². The molecule has 0 fully saturated rings. The van der Waals surface area contributed by atoms with Crippen LogP contribution in [0.25, 0.3) is 0 Å². The third kappa shape index (κ3) is 6.36. The largest absolute Gasteiger partial charge is 0.508 e. The predicted octanol–water partition coefficient (Wildman–Crippen LogP) is 0.382. The van der Waals surface area contributed by atoms with Gasteiger partial charge in [-0.25, -0.2) is 0 Å². The number of nitrogens with one attached hydrogen (secondary N) is 2. The van der Waals surface area contributed by atoms with Crippen LogP contribution in [-0.4, -0.2) is 46.1 Å². The molecule has 0 aromatic heterocycles. The molecule has 0 aliphatic heterocycles. The van der Waals surface area contributed by atoms with E-state index < -0.39 is 35.9 Å². The minimum absolute atomic E-state index is 0.118. The third-order valence-electron chi connectivity index (χ3n) is 4.25. The number of benzene rings is 1. The summed E-state index contributed by atoms with van der Waals surface area (Å²) in [5, 5.41) is 23.2. The molecule has 4 atom stereocenters. The minimum atomic E-state index is -1.16. The monoisotopic (exact) mass is 365 g/mol. The number of carbonyl (C=O) groups is 3. The Morgan fingerprint density at radius 3 is 2.15 bits per heavy atom. The predicted molar refractivity (Wildman–Crippen MR) is 96.4 cm³/mol. The van der Waals surface area contributed by atoms with Gasteiger partial charge in [0.05, 0.1) is 6.04 Å². The Morgan fingerprint density at radius 2 is 1.65 bits per heavy atom. The number of carboxylic acid groups (broad SMARTS) is 1. The Labute approximate surface area is 152 Å². The summed E-state index contributed by atoms with van der Waals surface area (Å²) in [7, 11) is 0. The van der Waals surface area contributed by atoms with E-state index in [-0.39, 0.29) is 18.1 Å². The van der Waals surface area contributed by atoms with Crippen molar-refractivity contribution in [3.63, 3.8) is 0 Å². The second-order valence-corrected chi connectivity index (χ2v) is 6.42. The number of hydrogen-bond donors (Lipinski definition) is 5. The van der Waals surface area contributed by atoms with Crippen molar-refractivity contribution >= 4 is 17.8 Å². The van der Waals surface area contributed by atoms with Gasteiger partial charge in [0.2, 0.25) is 11.8 Å². The van der Waals surface area contributed by atoms with Gasteiger partial charge in [-0.2, -0.15) is 0 Å². The zero-order chi connectivity index (χ0) is 19.9.